The van der Waals surface area contributed by atoms with Crippen molar-refractivity contribution in [1.82, 2.24) is 4.90 Å². The third kappa shape index (κ3) is 2.91. The molecule has 2 aliphatic rings. The minimum atomic E-state index is -0.228. The highest BCUT2D eigenvalue weighted by atomic mass is 35.5. The number of halogens is 1. The van der Waals surface area contributed by atoms with Crippen molar-refractivity contribution >= 4 is 17.5 Å². The van der Waals surface area contributed by atoms with Crippen LogP contribution in [0.1, 0.15) is 17.2 Å². The number of hydrogen-bond acceptors (Lipinski definition) is 4. The van der Waals surface area contributed by atoms with Gasteiger partial charge < -0.3 is 19.5 Å². The number of carbonyl (C=O) groups excluding carboxylic acids is 1. The summed E-state index contributed by atoms with van der Waals surface area (Å²) in [6.07, 6.45) is 0.0645. The van der Waals surface area contributed by atoms with Crippen molar-refractivity contribution < 1.29 is 19.4 Å². The highest BCUT2D eigenvalue weighted by Gasteiger charge is 2.50. The summed E-state index contributed by atoms with van der Waals surface area (Å²) < 4.78 is 11.2. The van der Waals surface area contributed by atoms with Gasteiger partial charge in [-0.15, -0.1) is 0 Å². The lowest BCUT2D eigenvalue weighted by molar-refractivity contribution is -0.131. The van der Waals surface area contributed by atoms with E-state index in [1.54, 1.807) is 13.2 Å². The number of aliphatic hydroxyl groups excluding tert-OH is 1. The molecule has 2 aromatic carbocycles. The average molecular weight is 374 g/mol. The molecule has 0 spiro atoms. The van der Waals surface area contributed by atoms with Crippen LogP contribution in [0.2, 0.25) is 5.02 Å². The molecule has 0 radical (unpaired) electrons. The first-order valence-electron chi connectivity index (χ1n) is 8.60. The molecule has 136 valence electrons. The van der Waals surface area contributed by atoms with E-state index in [0.717, 1.165) is 22.6 Å². The summed E-state index contributed by atoms with van der Waals surface area (Å²) in [5.41, 5.74) is 1.84. The van der Waals surface area contributed by atoms with Crippen LogP contribution in [0.25, 0.3) is 0 Å². The quantitative estimate of drug-likeness (QED) is 0.895. The number of amides is 1. The topological polar surface area (TPSA) is 59.0 Å². The molecule has 0 unspecified atom stereocenters. The molecule has 0 aromatic heterocycles. The maximum Gasteiger partial charge on any atom is 0.227 e. The predicted octanol–water partition coefficient (Wildman–Crippen LogP) is 2.84. The zero-order valence-corrected chi connectivity index (χ0v) is 15.1. The van der Waals surface area contributed by atoms with Crippen molar-refractivity contribution in [2.75, 3.05) is 20.3 Å². The summed E-state index contributed by atoms with van der Waals surface area (Å²) in [4.78, 5) is 14.8. The first-order chi connectivity index (χ1) is 12.6. The first-order valence-corrected chi connectivity index (χ1v) is 8.98. The number of methoxy groups -OCH3 is 1. The monoisotopic (exact) mass is 373 g/mol. The fourth-order valence-electron chi connectivity index (χ4n) is 3.85. The molecule has 1 amide bonds. The number of ether oxygens (including phenoxy) is 2. The third-order valence-corrected chi connectivity index (χ3v) is 5.40. The van der Waals surface area contributed by atoms with Gasteiger partial charge in [-0.3, -0.25) is 4.79 Å². The molecule has 2 heterocycles. The molecular formula is C20H20ClNO4. The van der Waals surface area contributed by atoms with Crippen LogP contribution in [-0.4, -0.2) is 42.3 Å². The Morgan fingerprint density at radius 2 is 2.08 bits per heavy atom. The van der Waals surface area contributed by atoms with Crippen molar-refractivity contribution in [1.29, 1.82) is 0 Å². The van der Waals surface area contributed by atoms with Crippen LogP contribution in [-0.2, 0) is 11.2 Å². The molecule has 0 saturated carbocycles. The molecular weight excluding hydrogens is 354 g/mol. The van der Waals surface area contributed by atoms with Crippen molar-refractivity contribution in [2.24, 2.45) is 5.92 Å². The number of nitrogens with zero attached hydrogens (tertiary/aromatic N) is 1. The smallest absolute Gasteiger partial charge is 0.227 e. The molecule has 1 fully saturated rings. The Hall–Kier alpha value is -2.24. The van der Waals surface area contributed by atoms with Gasteiger partial charge in [-0.2, -0.15) is 0 Å². The van der Waals surface area contributed by atoms with Gasteiger partial charge in [0.2, 0.25) is 5.91 Å². The van der Waals surface area contributed by atoms with Crippen molar-refractivity contribution in [2.45, 2.75) is 18.6 Å². The standard InChI is InChI=1S/C20H20ClNO4/c1-25-15-5-2-12(3-6-15)8-18(24)22-10-13(11-23)20-19(22)16-9-14(21)4-7-17(16)26-20/h2-7,9,13,19-20,23H,8,10-11H2,1H3/t13-,19-,20-/m0/s1. The molecule has 2 aromatic rings. The van der Waals surface area contributed by atoms with E-state index in [1.165, 1.54) is 0 Å². The number of likely N-dealkylation sites (tertiary alicyclic amines) is 1. The van der Waals surface area contributed by atoms with Gasteiger partial charge in [0, 0.05) is 23.0 Å². The second-order valence-corrected chi connectivity index (χ2v) is 7.16. The van der Waals surface area contributed by atoms with Crippen LogP contribution in [0.3, 0.4) is 0 Å². The molecule has 2 aliphatic heterocycles. The molecule has 5 nitrogen and oxygen atoms in total. The average Bonchev–Trinajstić information content (AvgIpc) is 3.19. The summed E-state index contributed by atoms with van der Waals surface area (Å²) in [6.45, 7) is 0.460. The molecule has 6 heteroatoms. The first kappa shape index (κ1) is 17.2. The van der Waals surface area contributed by atoms with Gasteiger partial charge >= 0.3 is 0 Å². The van der Waals surface area contributed by atoms with E-state index in [9.17, 15) is 9.90 Å². The maximum absolute atomic E-state index is 13.0. The van der Waals surface area contributed by atoms with Gasteiger partial charge in [0.15, 0.2) is 0 Å². The van der Waals surface area contributed by atoms with E-state index in [4.69, 9.17) is 21.1 Å². The Labute approximate surface area is 157 Å². The van der Waals surface area contributed by atoms with E-state index >= 15 is 0 Å². The minimum absolute atomic E-state index is 0.0116. The minimum Gasteiger partial charge on any atom is -0.497 e. The van der Waals surface area contributed by atoms with Gasteiger partial charge in [0.25, 0.3) is 0 Å². The summed E-state index contributed by atoms with van der Waals surface area (Å²) >= 11 is 6.15. The number of fused-ring (bicyclic) bond motifs is 3. The molecule has 26 heavy (non-hydrogen) atoms. The lowest BCUT2D eigenvalue weighted by Gasteiger charge is -2.23. The highest BCUT2D eigenvalue weighted by Crippen LogP contribution is 2.48. The second-order valence-electron chi connectivity index (χ2n) is 6.72. The normalized spacial score (nSPS) is 23.3. The van der Waals surface area contributed by atoms with E-state index in [2.05, 4.69) is 0 Å². The Morgan fingerprint density at radius 1 is 1.31 bits per heavy atom. The highest BCUT2D eigenvalue weighted by molar-refractivity contribution is 6.30. The summed E-state index contributed by atoms with van der Waals surface area (Å²) in [5, 5.41) is 10.3. The zero-order chi connectivity index (χ0) is 18.3. The number of benzene rings is 2. The number of hydrogen-bond donors (Lipinski definition) is 1. The van der Waals surface area contributed by atoms with Crippen LogP contribution >= 0.6 is 11.6 Å². The van der Waals surface area contributed by atoms with Crippen LogP contribution < -0.4 is 9.47 Å². The lowest BCUT2D eigenvalue weighted by atomic mass is 9.99. The predicted molar refractivity (Wildman–Crippen MR) is 97.6 cm³/mol. The van der Waals surface area contributed by atoms with Gasteiger partial charge in [-0.1, -0.05) is 23.7 Å². The fourth-order valence-corrected chi connectivity index (χ4v) is 4.03. The molecule has 4 rings (SSSR count). The van der Waals surface area contributed by atoms with Crippen LogP contribution in [0.4, 0.5) is 0 Å². The van der Waals surface area contributed by atoms with Crippen LogP contribution in [0.15, 0.2) is 42.5 Å². The van der Waals surface area contributed by atoms with E-state index in [-0.39, 0.29) is 30.6 Å². The fraction of sp³-hybridized carbons (Fsp3) is 0.350. The molecule has 1 saturated heterocycles. The van der Waals surface area contributed by atoms with Crippen molar-refractivity contribution in [3.63, 3.8) is 0 Å². The molecule has 0 aliphatic carbocycles. The van der Waals surface area contributed by atoms with Gasteiger partial charge in [0.05, 0.1) is 26.2 Å². The lowest BCUT2D eigenvalue weighted by Crippen LogP contribution is -2.33. The Balaban J connectivity index is 1.59. The summed E-state index contributed by atoms with van der Waals surface area (Å²) in [5.74, 6) is 1.41. The molecule has 0 bridgehead atoms. The van der Waals surface area contributed by atoms with Crippen molar-refractivity contribution in [3.05, 3.63) is 58.6 Å². The van der Waals surface area contributed by atoms with Crippen LogP contribution in [0, 0.1) is 5.92 Å². The number of rotatable bonds is 4. The zero-order valence-electron chi connectivity index (χ0n) is 14.4. The summed E-state index contributed by atoms with van der Waals surface area (Å²) in [6, 6.07) is 12.7. The van der Waals surface area contributed by atoms with Gasteiger partial charge in [0.1, 0.15) is 17.6 Å². The second kappa shape index (κ2) is 6.82. The third-order valence-electron chi connectivity index (χ3n) is 5.17. The molecule has 1 N–H and O–H groups in total. The van der Waals surface area contributed by atoms with Gasteiger partial charge in [-0.25, -0.2) is 0 Å². The van der Waals surface area contributed by atoms with E-state index in [0.29, 0.717) is 18.0 Å². The van der Waals surface area contributed by atoms with E-state index < -0.39 is 0 Å². The number of aliphatic hydroxyl groups is 1. The van der Waals surface area contributed by atoms with Crippen LogP contribution in [0.5, 0.6) is 11.5 Å². The maximum atomic E-state index is 13.0. The molecule has 3 atom stereocenters. The van der Waals surface area contributed by atoms with Gasteiger partial charge in [-0.05, 0) is 35.9 Å². The largest absolute Gasteiger partial charge is 0.497 e. The Morgan fingerprint density at radius 3 is 2.77 bits per heavy atom. The Bertz CT molecular complexity index is 823. The van der Waals surface area contributed by atoms with Crippen molar-refractivity contribution in [3.8, 4) is 11.5 Å². The SMILES string of the molecule is COc1ccc(CC(=O)N2C[C@@H](CO)[C@@H]3Oc4ccc(Cl)cc4[C@@H]32)cc1. The Kier molecular flexibility index (Phi) is 4.51. The van der Waals surface area contributed by atoms with E-state index in [1.807, 2.05) is 41.3 Å². The summed E-state index contributed by atoms with van der Waals surface area (Å²) in [7, 11) is 1.61. The number of carbonyl (C=O) groups is 1.